The van der Waals surface area contributed by atoms with Crippen molar-refractivity contribution in [1.29, 1.82) is 0 Å². The average Bonchev–Trinajstić information content (AvgIpc) is 2.71. The van der Waals surface area contributed by atoms with E-state index in [1.165, 1.54) is 23.5 Å². The van der Waals surface area contributed by atoms with Gasteiger partial charge in [-0.25, -0.2) is 9.37 Å². The summed E-state index contributed by atoms with van der Waals surface area (Å²) in [6, 6.07) is 4.80. The Morgan fingerprint density at radius 2 is 2.11 bits per heavy atom. The van der Waals surface area contributed by atoms with E-state index in [9.17, 15) is 4.39 Å². The summed E-state index contributed by atoms with van der Waals surface area (Å²) in [5.74, 6) is 0.0560. The molecule has 5 heteroatoms. The molecule has 0 spiro atoms. The molecule has 0 atom stereocenters. The molecule has 0 radical (unpaired) electrons. The van der Waals surface area contributed by atoms with E-state index in [-0.39, 0.29) is 5.82 Å². The molecule has 0 aliphatic heterocycles. The van der Waals surface area contributed by atoms with E-state index in [4.69, 9.17) is 5.73 Å². The predicted octanol–water partition coefficient (Wildman–Crippen LogP) is 4.29. The molecule has 1 aromatic carbocycles. The summed E-state index contributed by atoms with van der Waals surface area (Å²) in [6.45, 7) is 4.64. The molecular weight excluding hydrogens is 315 g/mol. The van der Waals surface area contributed by atoms with Gasteiger partial charge in [-0.15, -0.1) is 11.3 Å². The van der Waals surface area contributed by atoms with Crippen LogP contribution in [-0.4, -0.2) is 4.98 Å². The summed E-state index contributed by atoms with van der Waals surface area (Å²) in [5.41, 5.74) is 7.52. The molecule has 0 amide bonds. The van der Waals surface area contributed by atoms with Crippen molar-refractivity contribution in [2.24, 2.45) is 5.73 Å². The van der Waals surface area contributed by atoms with Crippen LogP contribution in [0.5, 0.6) is 0 Å². The highest BCUT2D eigenvalue weighted by atomic mass is 79.9. The van der Waals surface area contributed by atoms with Crippen molar-refractivity contribution >= 4 is 27.3 Å². The maximum absolute atomic E-state index is 13.4. The molecular formula is C13H14BrFN2S. The first-order valence-electron chi connectivity index (χ1n) is 5.67. The van der Waals surface area contributed by atoms with Gasteiger partial charge in [0.25, 0.3) is 0 Å². The summed E-state index contributed by atoms with van der Waals surface area (Å²) in [5, 5.41) is 0.819. The minimum Gasteiger partial charge on any atom is -0.326 e. The zero-order chi connectivity index (χ0) is 13.3. The molecule has 0 bridgehead atoms. The Labute approximate surface area is 118 Å². The van der Waals surface area contributed by atoms with Crippen LogP contribution in [0, 0.1) is 5.82 Å². The van der Waals surface area contributed by atoms with Crippen LogP contribution in [0.2, 0.25) is 0 Å². The lowest BCUT2D eigenvalue weighted by atomic mass is 10.1. The van der Waals surface area contributed by atoms with E-state index >= 15 is 0 Å². The maximum Gasteiger partial charge on any atom is 0.125 e. The molecule has 0 aliphatic carbocycles. The molecule has 2 aromatic rings. The minimum absolute atomic E-state index is 0.269. The Kier molecular flexibility index (Phi) is 4.14. The number of benzene rings is 1. The van der Waals surface area contributed by atoms with Crippen LogP contribution in [0.15, 0.2) is 22.7 Å². The van der Waals surface area contributed by atoms with Gasteiger partial charge in [-0.2, -0.15) is 0 Å². The van der Waals surface area contributed by atoms with Crippen molar-refractivity contribution < 1.29 is 4.39 Å². The second kappa shape index (κ2) is 5.47. The second-order valence-electron chi connectivity index (χ2n) is 4.34. The molecule has 2 N–H and O–H groups in total. The fraction of sp³-hybridized carbons (Fsp3) is 0.308. The van der Waals surface area contributed by atoms with Crippen molar-refractivity contribution in [1.82, 2.24) is 4.98 Å². The maximum atomic E-state index is 13.4. The lowest BCUT2D eigenvalue weighted by molar-refractivity contribution is 0.627. The Balaban J connectivity index is 2.50. The highest BCUT2D eigenvalue weighted by Crippen LogP contribution is 2.33. The van der Waals surface area contributed by atoms with Crippen molar-refractivity contribution in [3.8, 4) is 10.6 Å². The van der Waals surface area contributed by atoms with Crippen LogP contribution in [0.3, 0.4) is 0 Å². The zero-order valence-corrected chi connectivity index (χ0v) is 12.6. The molecule has 0 aliphatic rings. The molecule has 0 saturated heterocycles. The van der Waals surface area contributed by atoms with Crippen LogP contribution < -0.4 is 5.73 Å². The number of nitrogens with zero attached hydrogens (tertiary/aromatic N) is 1. The van der Waals surface area contributed by atoms with Gasteiger partial charge in [0.05, 0.1) is 5.69 Å². The molecule has 0 unspecified atom stereocenters. The van der Waals surface area contributed by atoms with E-state index in [1.54, 1.807) is 0 Å². The Morgan fingerprint density at radius 3 is 2.61 bits per heavy atom. The summed E-state index contributed by atoms with van der Waals surface area (Å²) < 4.78 is 14.1. The number of halogens is 2. The van der Waals surface area contributed by atoms with Gasteiger partial charge in [-0.3, -0.25) is 0 Å². The van der Waals surface area contributed by atoms with Gasteiger partial charge >= 0.3 is 0 Å². The van der Waals surface area contributed by atoms with Crippen molar-refractivity contribution in [3.63, 3.8) is 0 Å². The number of thiazole rings is 1. The number of hydrogen-bond donors (Lipinski definition) is 1. The first-order valence-corrected chi connectivity index (χ1v) is 7.28. The third-order valence-corrected chi connectivity index (χ3v) is 4.17. The topological polar surface area (TPSA) is 38.9 Å². The average molecular weight is 329 g/mol. The number of hydrogen-bond acceptors (Lipinski definition) is 3. The van der Waals surface area contributed by atoms with Crippen molar-refractivity contribution in [2.45, 2.75) is 26.3 Å². The summed E-state index contributed by atoms with van der Waals surface area (Å²) in [7, 11) is 0. The Bertz CT molecular complexity index is 546. The molecule has 96 valence electrons. The summed E-state index contributed by atoms with van der Waals surface area (Å²) in [4.78, 5) is 5.65. The molecule has 0 fully saturated rings. The molecule has 0 saturated carbocycles. The van der Waals surface area contributed by atoms with Gasteiger partial charge in [0.2, 0.25) is 0 Å². The SMILES string of the molecule is CC(C)c1nc(-c2cc(F)cc(Br)c2)sc1CN. The smallest absolute Gasteiger partial charge is 0.125 e. The molecule has 1 aromatic heterocycles. The Morgan fingerprint density at radius 1 is 1.39 bits per heavy atom. The van der Waals surface area contributed by atoms with Gasteiger partial charge in [-0.05, 0) is 24.1 Å². The number of rotatable bonds is 3. The van der Waals surface area contributed by atoms with Crippen molar-refractivity contribution in [2.75, 3.05) is 0 Å². The van der Waals surface area contributed by atoms with Crippen LogP contribution in [0.4, 0.5) is 4.39 Å². The van der Waals surface area contributed by atoms with Crippen LogP contribution in [0.1, 0.15) is 30.3 Å². The molecule has 2 rings (SSSR count). The lowest BCUT2D eigenvalue weighted by Crippen LogP contribution is -1.99. The van der Waals surface area contributed by atoms with Gasteiger partial charge in [-0.1, -0.05) is 29.8 Å². The quantitative estimate of drug-likeness (QED) is 0.912. The number of aromatic nitrogens is 1. The van der Waals surface area contributed by atoms with Gasteiger partial charge in [0.1, 0.15) is 10.8 Å². The fourth-order valence-corrected chi connectivity index (χ4v) is 3.31. The fourth-order valence-electron chi connectivity index (χ4n) is 1.76. The van der Waals surface area contributed by atoms with Crippen LogP contribution in [0.25, 0.3) is 10.6 Å². The van der Waals surface area contributed by atoms with E-state index in [1.807, 2.05) is 6.07 Å². The van der Waals surface area contributed by atoms with E-state index in [0.717, 1.165) is 21.1 Å². The standard InChI is InChI=1S/C13H14BrFN2S/c1-7(2)12-11(6-16)18-13(17-12)8-3-9(14)5-10(15)4-8/h3-5,7H,6,16H2,1-2H3. The minimum atomic E-state index is -0.269. The zero-order valence-electron chi connectivity index (χ0n) is 10.2. The van der Waals surface area contributed by atoms with Gasteiger partial charge in [0.15, 0.2) is 0 Å². The highest BCUT2D eigenvalue weighted by molar-refractivity contribution is 9.10. The van der Waals surface area contributed by atoms with Gasteiger partial charge in [0, 0.05) is 21.5 Å². The van der Waals surface area contributed by atoms with Crippen LogP contribution in [-0.2, 0) is 6.54 Å². The van der Waals surface area contributed by atoms with Crippen LogP contribution >= 0.6 is 27.3 Å². The van der Waals surface area contributed by atoms with Crippen molar-refractivity contribution in [3.05, 3.63) is 39.1 Å². The monoisotopic (exact) mass is 328 g/mol. The molecule has 18 heavy (non-hydrogen) atoms. The third kappa shape index (κ3) is 2.79. The summed E-state index contributed by atoms with van der Waals surface area (Å²) >= 11 is 4.83. The molecule has 2 nitrogen and oxygen atoms in total. The largest absolute Gasteiger partial charge is 0.326 e. The van der Waals surface area contributed by atoms with E-state index < -0.39 is 0 Å². The van der Waals surface area contributed by atoms with E-state index in [0.29, 0.717) is 16.9 Å². The summed E-state index contributed by atoms with van der Waals surface area (Å²) in [6.07, 6.45) is 0. The second-order valence-corrected chi connectivity index (χ2v) is 6.34. The predicted molar refractivity (Wildman–Crippen MR) is 77.2 cm³/mol. The van der Waals surface area contributed by atoms with E-state index in [2.05, 4.69) is 34.8 Å². The first kappa shape index (κ1) is 13.6. The Hall–Kier alpha value is -0.780. The lowest BCUT2D eigenvalue weighted by Gasteiger charge is -2.01. The third-order valence-electron chi connectivity index (χ3n) is 2.57. The first-order chi connectivity index (χ1) is 8.51. The highest BCUT2D eigenvalue weighted by Gasteiger charge is 2.14. The van der Waals surface area contributed by atoms with Gasteiger partial charge < -0.3 is 5.73 Å². The number of nitrogens with two attached hydrogens (primary N) is 1. The normalized spacial score (nSPS) is 11.2. The molecule has 1 heterocycles.